The Hall–Kier alpha value is -3.15. The van der Waals surface area contributed by atoms with Crippen LogP contribution >= 0.6 is 0 Å². The molecule has 0 aliphatic rings. The van der Waals surface area contributed by atoms with E-state index in [1.54, 1.807) is 42.5 Å². The molecule has 2 aromatic carbocycles. The molecule has 0 unspecified atom stereocenters. The zero-order valence-electron chi connectivity index (χ0n) is 14.3. The zero-order chi connectivity index (χ0) is 18.4. The monoisotopic (exact) mass is 340 g/mol. The van der Waals surface area contributed by atoms with Gasteiger partial charge in [0.25, 0.3) is 5.91 Å². The third-order valence-electron chi connectivity index (χ3n) is 3.77. The molecule has 2 rings (SSSR count). The number of hydrogen-bond donors (Lipinski definition) is 2. The van der Waals surface area contributed by atoms with Gasteiger partial charge in [0.05, 0.1) is 5.56 Å². The van der Waals surface area contributed by atoms with Crippen LogP contribution in [0.5, 0.6) is 0 Å². The number of carbonyl (C=O) groups is 3. The molecule has 0 fully saturated rings. The Morgan fingerprint density at radius 2 is 1.64 bits per heavy atom. The molecule has 6 heteroatoms. The Kier molecular flexibility index (Phi) is 5.89. The fourth-order valence-corrected chi connectivity index (χ4v) is 2.18. The van der Waals surface area contributed by atoms with E-state index in [1.165, 1.54) is 7.05 Å². The van der Waals surface area contributed by atoms with Crippen molar-refractivity contribution in [1.82, 2.24) is 10.6 Å². The maximum atomic E-state index is 12.4. The topological polar surface area (TPSA) is 84.5 Å². The van der Waals surface area contributed by atoms with E-state index in [9.17, 15) is 14.4 Å². The van der Waals surface area contributed by atoms with Crippen LogP contribution in [0.15, 0.2) is 48.5 Å². The second kappa shape index (κ2) is 8.10. The number of hydrogen-bond acceptors (Lipinski definition) is 4. The van der Waals surface area contributed by atoms with Crippen LogP contribution in [0.4, 0.5) is 4.79 Å². The molecule has 130 valence electrons. The van der Waals surface area contributed by atoms with Crippen molar-refractivity contribution in [3.8, 4) is 0 Å². The molecule has 0 aromatic heterocycles. The molecule has 2 aromatic rings. The fourth-order valence-electron chi connectivity index (χ4n) is 2.18. The molecule has 0 heterocycles. The number of benzene rings is 2. The van der Waals surface area contributed by atoms with Gasteiger partial charge in [-0.25, -0.2) is 9.59 Å². The summed E-state index contributed by atoms with van der Waals surface area (Å²) in [5, 5.41) is 4.43. The molecule has 2 N–H and O–H groups in total. The van der Waals surface area contributed by atoms with Crippen molar-refractivity contribution in [3.63, 3.8) is 0 Å². The van der Waals surface area contributed by atoms with Gasteiger partial charge in [0.15, 0.2) is 0 Å². The minimum Gasteiger partial charge on any atom is -0.444 e. The average Bonchev–Trinajstić information content (AvgIpc) is 2.62. The summed E-state index contributed by atoms with van der Waals surface area (Å²) in [6.07, 6.45) is -1.23. The van der Waals surface area contributed by atoms with Crippen molar-refractivity contribution in [2.45, 2.75) is 20.0 Å². The molecule has 0 aliphatic heterocycles. The van der Waals surface area contributed by atoms with E-state index in [4.69, 9.17) is 4.74 Å². The molecule has 0 bridgehead atoms. The lowest BCUT2D eigenvalue weighted by Gasteiger charge is -2.17. The molecular formula is C19H20N2O4. The van der Waals surface area contributed by atoms with Crippen molar-refractivity contribution in [2.75, 3.05) is 7.05 Å². The maximum absolute atomic E-state index is 12.4. The minimum atomic E-state index is -1.23. The van der Waals surface area contributed by atoms with Crippen LogP contribution in [-0.4, -0.2) is 25.0 Å². The number of urea groups is 1. The lowest BCUT2D eigenvalue weighted by Crippen LogP contribution is -2.41. The number of carbonyl (C=O) groups excluding carboxylic acids is 3. The molecule has 0 radical (unpaired) electrons. The Labute approximate surface area is 146 Å². The van der Waals surface area contributed by atoms with E-state index in [0.29, 0.717) is 11.1 Å². The summed E-state index contributed by atoms with van der Waals surface area (Å²) in [4.78, 5) is 36.2. The van der Waals surface area contributed by atoms with Crippen LogP contribution < -0.4 is 10.6 Å². The van der Waals surface area contributed by atoms with Crippen molar-refractivity contribution in [3.05, 3.63) is 70.8 Å². The highest BCUT2D eigenvalue weighted by molar-refractivity contribution is 5.99. The highest BCUT2D eigenvalue weighted by Gasteiger charge is 2.27. The number of aryl methyl sites for hydroxylation is 2. The first-order valence-corrected chi connectivity index (χ1v) is 7.78. The molecular weight excluding hydrogens is 320 g/mol. The van der Waals surface area contributed by atoms with E-state index < -0.39 is 24.0 Å². The molecule has 0 aliphatic carbocycles. The normalized spacial score (nSPS) is 11.3. The fraction of sp³-hybridized carbons (Fsp3) is 0.211. The van der Waals surface area contributed by atoms with Crippen molar-refractivity contribution in [2.24, 2.45) is 0 Å². The maximum Gasteiger partial charge on any atom is 0.339 e. The third-order valence-corrected chi connectivity index (χ3v) is 3.77. The van der Waals surface area contributed by atoms with Gasteiger partial charge in [-0.05, 0) is 37.1 Å². The molecule has 6 nitrogen and oxygen atoms in total. The predicted octanol–water partition coefficient (Wildman–Crippen LogP) is 2.66. The lowest BCUT2D eigenvalue weighted by molar-refractivity contribution is -0.129. The number of ether oxygens (including phenoxy) is 1. The number of rotatable bonds is 4. The van der Waals surface area contributed by atoms with Gasteiger partial charge in [0.2, 0.25) is 6.10 Å². The Bertz CT molecular complexity index is 787. The summed E-state index contributed by atoms with van der Waals surface area (Å²) in [7, 11) is 1.39. The minimum absolute atomic E-state index is 0.344. The molecule has 0 saturated carbocycles. The van der Waals surface area contributed by atoms with Crippen LogP contribution in [0.1, 0.15) is 33.2 Å². The smallest absolute Gasteiger partial charge is 0.339 e. The van der Waals surface area contributed by atoms with Crippen molar-refractivity contribution < 1.29 is 19.1 Å². The van der Waals surface area contributed by atoms with Gasteiger partial charge in [-0.3, -0.25) is 10.1 Å². The Morgan fingerprint density at radius 1 is 0.960 bits per heavy atom. The van der Waals surface area contributed by atoms with E-state index in [2.05, 4.69) is 10.6 Å². The highest BCUT2D eigenvalue weighted by atomic mass is 16.5. The summed E-state index contributed by atoms with van der Waals surface area (Å²) in [5.41, 5.74) is 2.81. The van der Waals surface area contributed by atoms with Gasteiger partial charge in [-0.2, -0.15) is 0 Å². The second-order valence-corrected chi connectivity index (χ2v) is 5.56. The lowest BCUT2D eigenvalue weighted by atomic mass is 10.1. The molecule has 3 amide bonds. The largest absolute Gasteiger partial charge is 0.444 e. The van der Waals surface area contributed by atoms with Crippen molar-refractivity contribution >= 4 is 17.9 Å². The molecule has 25 heavy (non-hydrogen) atoms. The summed E-state index contributed by atoms with van der Waals surface area (Å²) in [5.74, 6) is -1.35. The first kappa shape index (κ1) is 18.2. The average molecular weight is 340 g/mol. The first-order valence-electron chi connectivity index (χ1n) is 7.78. The van der Waals surface area contributed by atoms with Gasteiger partial charge in [-0.1, -0.05) is 36.4 Å². The van der Waals surface area contributed by atoms with E-state index >= 15 is 0 Å². The standard InChI is InChI=1S/C19H20N2O4/c1-12-9-10-15(11-13(12)2)18(23)25-16(14-7-5-4-6-8-14)17(22)21-19(24)20-3/h4-11,16H,1-3H3,(H2,20,21,22,24)/t16-/m0/s1. The number of esters is 1. The molecule has 0 saturated heterocycles. The van der Waals surface area contributed by atoms with Crippen LogP contribution in [-0.2, 0) is 9.53 Å². The SMILES string of the molecule is CNC(=O)NC(=O)[C@@H](OC(=O)c1ccc(C)c(C)c1)c1ccccc1. The molecule has 0 spiro atoms. The quantitative estimate of drug-likeness (QED) is 0.838. The van der Waals surface area contributed by atoms with Crippen LogP contribution in [0.2, 0.25) is 0 Å². The highest BCUT2D eigenvalue weighted by Crippen LogP contribution is 2.20. The Morgan fingerprint density at radius 3 is 2.24 bits per heavy atom. The number of nitrogens with one attached hydrogen (secondary N) is 2. The summed E-state index contributed by atoms with van der Waals surface area (Å²) < 4.78 is 5.39. The summed E-state index contributed by atoms with van der Waals surface area (Å²) >= 11 is 0. The predicted molar refractivity (Wildman–Crippen MR) is 93.1 cm³/mol. The van der Waals surface area contributed by atoms with Crippen molar-refractivity contribution in [1.29, 1.82) is 0 Å². The second-order valence-electron chi connectivity index (χ2n) is 5.56. The van der Waals surface area contributed by atoms with Gasteiger partial charge in [0, 0.05) is 12.6 Å². The zero-order valence-corrected chi connectivity index (χ0v) is 14.3. The number of amides is 3. The van der Waals surface area contributed by atoms with E-state index in [1.807, 2.05) is 19.9 Å². The summed E-state index contributed by atoms with van der Waals surface area (Å²) in [6.45, 7) is 3.83. The third kappa shape index (κ3) is 4.67. The van der Waals surface area contributed by atoms with Crippen LogP contribution in [0, 0.1) is 13.8 Å². The number of imide groups is 1. The Balaban J connectivity index is 2.26. The summed E-state index contributed by atoms with van der Waals surface area (Å²) in [6, 6.07) is 13.0. The van der Waals surface area contributed by atoms with E-state index in [-0.39, 0.29) is 0 Å². The van der Waals surface area contributed by atoms with Gasteiger partial charge in [-0.15, -0.1) is 0 Å². The van der Waals surface area contributed by atoms with Gasteiger partial charge >= 0.3 is 12.0 Å². The van der Waals surface area contributed by atoms with Gasteiger partial charge < -0.3 is 10.1 Å². The van der Waals surface area contributed by atoms with E-state index in [0.717, 1.165) is 11.1 Å². The molecule has 1 atom stereocenters. The van der Waals surface area contributed by atoms with Crippen LogP contribution in [0.3, 0.4) is 0 Å². The first-order chi connectivity index (χ1) is 11.9. The van der Waals surface area contributed by atoms with Crippen LogP contribution in [0.25, 0.3) is 0 Å². The van der Waals surface area contributed by atoms with Gasteiger partial charge in [0.1, 0.15) is 0 Å².